The molecule has 3 rings (SSSR count). The van der Waals surface area contributed by atoms with E-state index >= 15 is 0 Å². The number of ether oxygens (including phenoxy) is 1. The summed E-state index contributed by atoms with van der Waals surface area (Å²) in [6, 6.07) is 1.82. The Morgan fingerprint density at radius 3 is 3.05 bits per heavy atom. The first kappa shape index (κ1) is 13.3. The van der Waals surface area contributed by atoms with Gasteiger partial charge < -0.3 is 14.7 Å². The van der Waals surface area contributed by atoms with Crippen LogP contribution in [0, 0.1) is 6.92 Å². The van der Waals surface area contributed by atoms with Crippen LogP contribution in [0.3, 0.4) is 0 Å². The molecule has 2 aromatic heterocycles. The second kappa shape index (κ2) is 5.39. The highest BCUT2D eigenvalue weighted by Crippen LogP contribution is 2.25. The van der Waals surface area contributed by atoms with Crippen molar-refractivity contribution in [3.63, 3.8) is 0 Å². The number of hydrogen-bond acceptors (Lipinski definition) is 6. The van der Waals surface area contributed by atoms with Crippen molar-refractivity contribution in [3.8, 4) is 5.95 Å². The number of rotatable bonds is 3. The maximum Gasteiger partial charge on any atom is 0.507 e. The van der Waals surface area contributed by atoms with Crippen LogP contribution in [0.4, 0.5) is 10.6 Å². The molecule has 1 fully saturated rings. The van der Waals surface area contributed by atoms with E-state index in [1.807, 2.05) is 17.9 Å². The maximum absolute atomic E-state index is 10.8. The van der Waals surface area contributed by atoms with Crippen molar-refractivity contribution in [1.82, 2.24) is 19.5 Å². The Morgan fingerprint density at radius 2 is 2.33 bits per heavy atom. The van der Waals surface area contributed by atoms with E-state index in [0.29, 0.717) is 24.7 Å². The fourth-order valence-corrected chi connectivity index (χ4v) is 2.41. The van der Waals surface area contributed by atoms with E-state index in [4.69, 9.17) is 9.84 Å². The molecule has 0 radical (unpaired) electrons. The monoisotopic (exact) mass is 289 g/mol. The average Bonchev–Trinajstić information content (AvgIpc) is 3.07. The van der Waals surface area contributed by atoms with Crippen molar-refractivity contribution in [2.24, 2.45) is 0 Å². The Kier molecular flexibility index (Phi) is 3.43. The number of anilines is 1. The first-order valence-corrected chi connectivity index (χ1v) is 6.64. The van der Waals surface area contributed by atoms with Gasteiger partial charge in [-0.2, -0.15) is 4.98 Å². The smallest absolute Gasteiger partial charge is 0.450 e. The molecule has 1 unspecified atom stereocenters. The maximum atomic E-state index is 10.8. The summed E-state index contributed by atoms with van der Waals surface area (Å²) in [6.45, 7) is 2.58. The van der Waals surface area contributed by atoms with Crippen molar-refractivity contribution in [1.29, 1.82) is 0 Å². The van der Waals surface area contributed by atoms with Gasteiger partial charge in [0, 0.05) is 37.1 Å². The zero-order chi connectivity index (χ0) is 14.8. The molecule has 0 amide bonds. The number of carbonyl (C=O) groups is 1. The first-order valence-electron chi connectivity index (χ1n) is 6.64. The SMILES string of the molecule is Cc1cc(N2CCCC2OC(=O)O)nc(-n2ccnc2)n1. The molecule has 110 valence electrons. The molecule has 1 atom stereocenters. The molecule has 8 heteroatoms. The van der Waals surface area contributed by atoms with Gasteiger partial charge in [0.25, 0.3) is 0 Å². The molecule has 1 saturated heterocycles. The third-order valence-electron chi connectivity index (χ3n) is 3.29. The summed E-state index contributed by atoms with van der Waals surface area (Å²) in [6.07, 6.45) is 4.79. The molecular weight excluding hydrogens is 274 g/mol. The van der Waals surface area contributed by atoms with E-state index in [1.54, 1.807) is 23.3 Å². The van der Waals surface area contributed by atoms with E-state index < -0.39 is 12.4 Å². The van der Waals surface area contributed by atoms with E-state index in [-0.39, 0.29) is 0 Å². The highest BCUT2D eigenvalue weighted by Gasteiger charge is 2.29. The van der Waals surface area contributed by atoms with Gasteiger partial charge in [0.1, 0.15) is 12.1 Å². The second-order valence-electron chi connectivity index (χ2n) is 4.81. The van der Waals surface area contributed by atoms with Crippen molar-refractivity contribution in [2.45, 2.75) is 26.0 Å². The molecule has 8 nitrogen and oxygen atoms in total. The molecule has 1 aliphatic heterocycles. The third-order valence-corrected chi connectivity index (χ3v) is 3.29. The van der Waals surface area contributed by atoms with Gasteiger partial charge in [-0.25, -0.2) is 14.8 Å². The Morgan fingerprint density at radius 1 is 1.48 bits per heavy atom. The molecule has 1 aliphatic rings. The van der Waals surface area contributed by atoms with Gasteiger partial charge in [0.05, 0.1) is 0 Å². The van der Waals surface area contributed by atoms with Crippen molar-refractivity contribution < 1.29 is 14.6 Å². The number of nitrogens with zero attached hydrogens (tertiary/aromatic N) is 5. The molecule has 0 aromatic carbocycles. The molecule has 1 N–H and O–H groups in total. The first-order chi connectivity index (χ1) is 10.1. The van der Waals surface area contributed by atoms with Crippen LogP contribution in [0.1, 0.15) is 18.5 Å². The topological polar surface area (TPSA) is 93.4 Å². The largest absolute Gasteiger partial charge is 0.507 e. The molecule has 0 spiro atoms. The van der Waals surface area contributed by atoms with Crippen LogP contribution < -0.4 is 4.90 Å². The molecule has 0 bridgehead atoms. The summed E-state index contributed by atoms with van der Waals surface area (Å²) < 4.78 is 6.62. The quantitative estimate of drug-likeness (QED) is 0.857. The number of imidazole rings is 1. The minimum Gasteiger partial charge on any atom is -0.450 e. The summed E-state index contributed by atoms with van der Waals surface area (Å²) >= 11 is 0. The predicted molar refractivity (Wildman–Crippen MR) is 73.4 cm³/mol. The average molecular weight is 289 g/mol. The van der Waals surface area contributed by atoms with Crippen molar-refractivity contribution in [2.75, 3.05) is 11.4 Å². The van der Waals surface area contributed by atoms with Crippen LogP contribution in [-0.2, 0) is 4.74 Å². The van der Waals surface area contributed by atoms with Gasteiger partial charge in [-0.05, 0) is 13.3 Å². The van der Waals surface area contributed by atoms with Crippen molar-refractivity contribution >= 4 is 12.0 Å². The summed E-state index contributed by atoms with van der Waals surface area (Å²) in [7, 11) is 0. The Hall–Kier alpha value is -2.64. The van der Waals surface area contributed by atoms with Gasteiger partial charge >= 0.3 is 6.16 Å². The minimum absolute atomic E-state index is 0.493. The Balaban J connectivity index is 1.93. The van der Waals surface area contributed by atoms with Crippen LogP contribution in [0.15, 0.2) is 24.8 Å². The summed E-state index contributed by atoms with van der Waals surface area (Å²) in [5, 5.41) is 8.80. The lowest BCUT2D eigenvalue weighted by Gasteiger charge is -2.24. The fraction of sp³-hybridized carbons (Fsp3) is 0.385. The number of aromatic nitrogens is 4. The van der Waals surface area contributed by atoms with Crippen molar-refractivity contribution in [3.05, 3.63) is 30.5 Å². The van der Waals surface area contributed by atoms with E-state index in [0.717, 1.165) is 12.1 Å². The lowest BCUT2D eigenvalue weighted by Crippen LogP contribution is -2.34. The second-order valence-corrected chi connectivity index (χ2v) is 4.81. The highest BCUT2D eigenvalue weighted by atomic mass is 16.7. The number of carboxylic acid groups (broad SMARTS) is 1. The molecule has 0 aliphatic carbocycles. The zero-order valence-electron chi connectivity index (χ0n) is 11.5. The van der Waals surface area contributed by atoms with Crippen LogP contribution in [-0.4, -0.2) is 43.6 Å². The standard InChI is InChI=1S/C13H15N5O3/c1-9-7-10(16-12(15-9)17-6-4-14-8-17)18-5-2-3-11(18)21-13(19)20/h4,6-8,11H,2-3,5H2,1H3,(H,19,20). The van der Waals surface area contributed by atoms with Gasteiger partial charge in [-0.15, -0.1) is 0 Å². The number of aryl methyl sites for hydroxylation is 1. The Labute approximate surface area is 121 Å². The van der Waals surface area contributed by atoms with Crippen LogP contribution in [0.5, 0.6) is 0 Å². The van der Waals surface area contributed by atoms with Crippen LogP contribution in [0.25, 0.3) is 5.95 Å². The van der Waals surface area contributed by atoms with Gasteiger partial charge in [0.15, 0.2) is 6.23 Å². The van der Waals surface area contributed by atoms with E-state index in [9.17, 15) is 4.79 Å². The summed E-state index contributed by atoms with van der Waals surface area (Å²) in [5.41, 5.74) is 0.796. The zero-order valence-corrected chi connectivity index (χ0v) is 11.5. The van der Waals surface area contributed by atoms with Gasteiger partial charge in [-0.3, -0.25) is 4.57 Å². The van der Waals surface area contributed by atoms with Crippen LogP contribution >= 0.6 is 0 Å². The molecule has 21 heavy (non-hydrogen) atoms. The normalized spacial score (nSPS) is 18.0. The molecule has 0 saturated carbocycles. The lowest BCUT2D eigenvalue weighted by atomic mass is 10.3. The Bertz CT molecular complexity index is 643. The number of hydrogen-bond donors (Lipinski definition) is 1. The lowest BCUT2D eigenvalue weighted by molar-refractivity contribution is 0.0556. The molecule has 2 aromatic rings. The van der Waals surface area contributed by atoms with E-state index in [2.05, 4.69) is 15.0 Å². The molecular formula is C13H15N5O3. The fourth-order valence-electron chi connectivity index (χ4n) is 2.41. The minimum atomic E-state index is -1.27. The van der Waals surface area contributed by atoms with E-state index in [1.165, 1.54) is 0 Å². The molecule has 3 heterocycles. The van der Waals surface area contributed by atoms with Gasteiger partial charge in [0.2, 0.25) is 5.95 Å². The summed E-state index contributed by atoms with van der Waals surface area (Å²) in [4.78, 5) is 25.4. The highest BCUT2D eigenvalue weighted by molar-refractivity contribution is 5.58. The van der Waals surface area contributed by atoms with Gasteiger partial charge in [-0.1, -0.05) is 0 Å². The predicted octanol–water partition coefficient (Wildman–Crippen LogP) is 1.59. The summed E-state index contributed by atoms with van der Waals surface area (Å²) in [5.74, 6) is 1.17. The van der Waals surface area contributed by atoms with Crippen LogP contribution in [0.2, 0.25) is 0 Å². The third kappa shape index (κ3) is 2.78.